The van der Waals surface area contributed by atoms with Gasteiger partial charge < -0.3 is 10.1 Å². The minimum Gasteiger partial charge on any atom is -0.497 e. The molecule has 1 N–H and O–H groups in total. The monoisotopic (exact) mass is 375 g/mol. The fourth-order valence-electron chi connectivity index (χ4n) is 2.60. The number of hydrogen-bond donors (Lipinski definition) is 1. The number of halogens is 2. The van der Waals surface area contributed by atoms with E-state index in [1.807, 2.05) is 0 Å². The molecule has 134 valence electrons. The van der Waals surface area contributed by atoms with Gasteiger partial charge in [-0.1, -0.05) is 29.8 Å². The largest absolute Gasteiger partial charge is 0.497 e. The van der Waals surface area contributed by atoms with E-state index in [4.69, 9.17) is 16.3 Å². The lowest BCUT2D eigenvalue weighted by Crippen LogP contribution is -2.40. The number of imide groups is 1. The highest BCUT2D eigenvalue weighted by Crippen LogP contribution is 2.30. The number of carbonyl (C=O) groups is 2. The highest BCUT2D eigenvalue weighted by Gasteiger charge is 2.49. The Morgan fingerprint density at radius 3 is 2.54 bits per heavy atom. The standard InChI is InChI=1S/C18H15ClFN3O3/c1-18(11-6-8-12(26-2)9-7-11)16(24)23(17(25)22-18)21-10-13-14(19)4-3-5-15(13)20/h3-10H,1-2H3,(H,22,25)/t18-/m1/s1. The molecule has 3 amide bonds. The molecule has 1 fully saturated rings. The summed E-state index contributed by atoms with van der Waals surface area (Å²) >= 11 is 5.92. The Hall–Kier alpha value is -2.93. The summed E-state index contributed by atoms with van der Waals surface area (Å²) in [5, 5.41) is 7.22. The molecule has 0 saturated carbocycles. The minimum absolute atomic E-state index is 0.00665. The van der Waals surface area contributed by atoms with Gasteiger partial charge >= 0.3 is 6.03 Å². The zero-order valence-electron chi connectivity index (χ0n) is 14.0. The molecule has 0 aromatic heterocycles. The van der Waals surface area contributed by atoms with Crippen molar-refractivity contribution < 1.29 is 18.7 Å². The number of ether oxygens (including phenoxy) is 1. The maximum Gasteiger partial charge on any atom is 0.346 e. The third-order valence-electron chi connectivity index (χ3n) is 4.14. The van der Waals surface area contributed by atoms with Gasteiger partial charge in [0.05, 0.1) is 18.3 Å². The van der Waals surface area contributed by atoms with Crippen LogP contribution in [0.15, 0.2) is 47.6 Å². The molecular weight excluding hydrogens is 361 g/mol. The Labute approximate surface area is 154 Å². The number of carbonyl (C=O) groups excluding carboxylic acids is 2. The Balaban J connectivity index is 1.90. The first-order valence-corrected chi connectivity index (χ1v) is 8.04. The second kappa shape index (κ2) is 6.76. The van der Waals surface area contributed by atoms with Gasteiger partial charge in [-0.3, -0.25) is 4.79 Å². The van der Waals surface area contributed by atoms with E-state index in [0.29, 0.717) is 16.3 Å². The number of methoxy groups -OCH3 is 1. The minimum atomic E-state index is -1.29. The summed E-state index contributed by atoms with van der Waals surface area (Å²) in [4.78, 5) is 25.0. The molecule has 8 heteroatoms. The van der Waals surface area contributed by atoms with Crippen LogP contribution in [0.2, 0.25) is 5.02 Å². The lowest BCUT2D eigenvalue weighted by atomic mass is 9.92. The van der Waals surface area contributed by atoms with Crippen LogP contribution in [0.25, 0.3) is 0 Å². The summed E-state index contributed by atoms with van der Waals surface area (Å²) in [6, 6.07) is 10.2. The lowest BCUT2D eigenvalue weighted by molar-refractivity contribution is -0.131. The van der Waals surface area contributed by atoms with Gasteiger partial charge in [0.15, 0.2) is 0 Å². The van der Waals surface area contributed by atoms with Crippen molar-refractivity contribution in [2.45, 2.75) is 12.5 Å². The van der Waals surface area contributed by atoms with Crippen LogP contribution in [0.3, 0.4) is 0 Å². The van der Waals surface area contributed by atoms with Gasteiger partial charge in [-0.25, -0.2) is 9.18 Å². The van der Waals surface area contributed by atoms with E-state index in [1.165, 1.54) is 25.3 Å². The SMILES string of the molecule is COc1ccc([C@@]2(C)NC(=O)N(N=Cc3c(F)cccc3Cl)C2=O)cc1. The summed E-state index contributed by atoms with van der Waals surface area (Å²) in [5.41, 5.74) is -0.731. The molecule has 0 unspecified atom stereocenters. The first kappa shape index (κ1) is 17.9. The normalized spacial score (nSPS) is 19.9. The highest BCUT2D eigenvalue weighted by molar-refractivity contribution is 6.33. The third-order valence-corrected chi connectivity index (χ3v) is 4.47. The van der Waals surface area contributed by atoms with E-state index in [9.17, 15) is 14.0 Å². The highest BCUT2D eigenvalue weighted by atomic mass is 35.5. The quantitative estimate of drug-likeness (QED) is 0.658. The van der Waals surface area contributed by atoms with Crippen molar-refractivity contribution in [2.75, 3.05) is 7.11 Å². The molecule has 0 spiro atoms. The average Bonchev–Trinajstić information content (AvgIpc) is 2.85. The first-order valence-electron chi connectivity index (χ1n) is 7.66. The number of rotatable bonds is 4. The van der Waals surface area contributed by atoms with E-state index in [-0.39, 0.29) is 10.6 Å². The van der Waals surface area contributed by atoms with Gasteiger partial charge in [-0.2, -0.15) is 5.10 Å². The summed E-state index contributed by atoms with van der Waals surface area (Å²) in [5.74, 6) is -0.569. The van der Waals surface area contributed by atoms with E-state index in [2.05, 4.69) is 10.4 Å². The summed E-state index contributed by atoms with van der Waals surface area (Å²) in [6.07, 6.45) is 1.05. The number of nitrogens with one attached hydrogen (secondary N) is 1. The molecule has 0 radical (unpaired) electrons. The van der Waals surface area contributed by atoms with E-state index in [1.54, 1.807) is 31.2 Å². The van der Waals surface area contributed by atoms with Gasteiger partial charge in [0.1, 0.15) is 17.1 Å². The Morgan fingerprint density at radius 1 is 1.23 bits per heavy atom. The molecule has 1 saturated heterocycles. The number of nitrogens with zero attached hydrogens (tertiary/aromatic N) is 2. The molecule has 26 heavy (non-hydrogen) atoms. The van der Waals surface area contributed by atoms with Crippen LogP contribution >= 0.6 is 11.6 Å². The summed E-state index contributed by atoms with van der Waals surface area (Å²) < 4.78 is 18.9. The summed E-state index contributed by atoms with van der Waals surface area (Å²) in [7, 11) is 1.53. The zero-order valence-corrected chi connectivity index (χ0v) is 14.7. The zero-order chi connectivity index (χ0) is 18.9. The van der Waals surface area contributed by atoms with Crippen LogP contribution in [0.5, 0.6) is 5.75 Å². The van der Waals surface area contributed by atoms with Gasteiger partial charge in [-0.15, -0.1) is 5.01 Å². The van der Waals surface area contributed by atoms with Crippen molar-refractivity contribution in [3.8, 4) is 5.75 Å². The van der Waals surface area contributed by atoms with Crippen LogP contribution < -0.4 is 10.1 Å². The maximum absolute atomic E-state index is 13.8. The second-order valence-corrected chi connectivity index (χ2v) is 6.19. The Kier molecular flexibility index (Phi) is 4.65. The van der Waals surface area contributed by atoms with Crippen molar-refractivity contribution in [1.82, 2.24) is 10.3 Å². The van der Waals surface area contributed by atoms with Gasteiger partial charge in [0.25, 0.3) is 5.91 Å². The van der Waals surface area contributed by atoms with Crippen LogP contribution in [0, 0.1) is 5.82 Å². The molecular formula is C18H15ClFN3O3. The molecule has 1 atom stereocenters. The molecule has 2 aromatic carbocycles. The number of benzene rings is 2. The summed E-state index contributed by atoms with van der Waals surface area (Å²) in [6.45, 7) is 1.57. The molecule has 1 aliphatic heterocycles. The van der Waals surface area contributed by atoms with Crippen molar-refractivity contribution in [1.29, 1.82) is 0 Å². The van der Waals surface area contributed by atoms with Crippen molar-refractivity contribution in [3.05, 3.63) is 64.4 Å². The van der Waals surface area contributed by atoms with Gasteiger partial charge in [0.2, 0.25) is 0 Å². The second-order valence-electron chi connectivity index (χ2n) is 5.78. The Bertz CT molecular complexity index is 881. The fourth-order valence-corrected chi connectivity index (χ4v) is 2.81. The maximum atomic E-state index is 13.8. The predicted octanol–water partition coefficient (Wildman–Crippen LogP) is 3.29. The first-order chi connectivity index (χ1) is 12.4. The lowest BCUT2D eigenvalue weighted by Gasteiger charge is -2.21. The van der Waals surface area contributed by atoms with Gasteiger partial charge in [0, 0.05) is 5.56 Å². The van der Waals surface area contributed by atoms with Crippen LogP contribution in [0.4, 0.5) is 9.18 Å². The number of hydrazone groups is 1. The molecule has 0 aliphatic carbocycles. The van der Waals surface area contributed by atoms with E-state index < -0.39 is 23.3 Å². The third kappa shape index (κ3) is 3.01. The van der Waals surface area contributed by atoms with Gasteiger partial charge in [-0.05, 0) is 36.8 Å². The van der Waals surface area contributed by atoms with Crippen LogP contribution in [0.1, 0.15) is 18.1 Å². The molecule has 1 heterocycles. The van der Waals surface area contributed by atoms with Crippen LogP contribution in [-0.4, -0.2) is 30.3 Å². The van der Waals surface area contributed by atoms with Crippen molar-refractivity contribution in [3.63, 3.8) is 0 Å². The molecule has 6 nitrogen and oxygen atoms in total. The molecule has 0 bridgehead atoms. The topological polar surface area (TPSA) is 71.0 Å². The predicted molar refractivity (Wildman–Crippen MR) is 94.7 cm³/mol. The Morgan fingerprint density at radius 2 is 1.92 bits per heavy atom. The fraction of sp³-hybridized carbons (Fsp3) is 0.167. The van der Waals surface area contributed by atoms with E-state index >= 15 is 0 Å². The van der Waals surface area contributed by atoms with Crippen molar-refractivity contribution >= 4 is 29.8 Å². The smallest absolute Gasteiger partial charge is 0.346 e. The van der Waals surface area contributed by atoms with E-state index in [0.717, 1.165) is 6.21 Å². The number of amides is 3. The van der Waals surface area contributed by atoms with Crippen molar-refractivity contribution in [2.24, 2.45) is 5.10 Å². The number of urea groups is 1. The average molecular weight is 376 g/mol. The molecule has 2 aromatic rings. The molecule has 3 rings (SSSR count). The van der Waals surface area contributed by atoms with Crippen LogP contribution in [-0.2, 0) is 10.3 Å². The molecule has 1 aliphatic rings. The number of hydrogen-bond acceptors (Lipinski definition) is 4.